The van der Waals surface area contributed by atoms with Crippen LogP contribution in [0.25, 0.3) is 0 Å². The molecule has 0 spiro atoms. The van der Waals surface area contributed by atoms with Gasteiger partial charge in [-0.3, -0.25) is 0 Å². The summed E-state index contributed by atoms with van der Waals surface area (Å²) in [5, 5.41) is 0. The molecule has 1 N–H and O–H groups in total. The van der Waals surface area contributed by atoms with Gasteiger partial charge in [0.05, 0.1) is 9.79 Å². The Kier molecular flexibility index (Phi) is 4.37. The Morgan fingerprint density at radius 3 is 1.80 bits per heavy atom. The molecule has 2 aromatic rings. The van der Waals surface area contributed by atoms with Crippen molar-refractivity contribution in [1.29, 1.82) is 0 Å². The van der Waals surface area contributed by atoms with Gasteiger partial charge in [-0.25, -0.2) is 12.6 Å². The lowest BCUT2D eigenvalue weighted by atomic mass is 10.2. The maximum atomic E-state index is 12.1. The first-order valence-electron chi connectivity index (χ1n) is 5.96. The molecule has 2 aromatic carbocycles. The minimum Gasteiger partial charge on any atom is -0.237 e. The summed E-state index contributed by atoms with van der Waals surface area (Å²) < 4.78 is 38.4. The summed E-state index contributed by atoms with van der Waals surface area (Å²) in [5.74, 6) is 0. The molecule has 0 aliphatic heterocycles. The average molecular weight is 309 g/mol. The first kappa shape index (κ1) is 14.9. The zero-order chi connectivity index (χ0) is 14.8. The molecule has 0 heterocycles. The predicted molar refractivity (Wildman–Crippen MR) is 79.1 cm³/mol. The zero-order valence-electron chi connectivity index (χ0n) is 11.2. The molecule has 0 aliphatic carbocycles. The van der Waals surface area contributed by atoms with Gasteiger partial charge in [-0.05, 0) is 38.1 Å². The van der Waals surface area contributed by atoms with E-state index in [1.807, 2.05) is 13.8 Å². The monoisotopic (exact) mass is 309 g/mol. The Bertz CT molecular complexity index is 720. The maximum absolute atomic E-state index is 12.1. The van der Waals surface area contributed by atoms with E-state index in [0.717, 1.165) is 11.1 Å². The second kappa shape index (κ2) is 5.87. The number of hydrogen-bond acceptors (Lipinski definition) is 3. The Balaban J connectivity index is 2.22. The SMILES string of the molecule is Cc1ccc(S(=O)NS(=O)(=O)c2ccc(C)cc2)cc1. The number of rotatable bonds is 4. The van der Waals surface area contributed by atoms with Gasteiger partial charge < -0.3 is 0 Å². The highest BCUT2D eigenvalue weighted by atomic mass is 32.3. The van der Waals surface area contributed by atoms with Crippen molar-refractivity contribution in [2.45, 2.75) is 23.6 Å². The van der Waals surface area contributed by atoms with E-state index in [9.17, 15) is 12.6 Å². The van der Waals surface area contributed by atoms with Crippen LogP contribution in [0.15, 0.2) is 58.3 Å². The minimum absolute atomic E-state index is 0.101. The summed E-state index contributed by atoms with van der Waals surface area (Å²) in [6.45, 7) is 3.78. The second-order valence-electron chi connectivity index (χ2n) is 4.48. The fourth-order valence-corrected chi connectivity index (χ4v) is 4.02. The molecule has 0 saturated heterocycles. The van der Waals surface area contributed by atoms with Crippen LogP contribution in [-0.4, -0.2) is 12.6 Å². The molecular weight excluding hydrogens is 294 g/mol. The third-order valence-electron chi connectivity index (χ3n) is 2.75. The van der Waals surface area contributed by atoms with Crippen LogP contribution in [0.1, 0.15) is 11.1 Å². The molecule has 0 aromatic heterocycles. The van der Waals surface area contributed by atoms with Crippen molar-refractivity contribution in [2.75, 3.05) is 0 Å². The van der Waals surface area contributed by atoms with Gasteiger partial charge in [0.2, 0.25) is 0 Å². The van der Waals surface area contributed by atoms with Crippen molar-refractivity contribution in [3.8, 4) is 0 Å². The molecule has 1 unspecified atom stereocenters. The molecule has 0 fully saturated rings. The minimum atomic E-state index is -3.78. The van der Waals surface area contributed by atoms with Crippen molar-refractivity contribution in [1.82, 2.24) is 4.13 Å². The van der Waals surface area contributed by atoms with E-state index in [0.29, 0.717) is 4.90 Å². The molecule has 106 valence electrons. The van der Waals surface area contributed by atoms with Crippen LogP contribution in [0.5, 0.6) is 0 Å². The molecule has 0 bridgehead atoms. The topological polar surface area (TPSA) is 63.2 Å². The van der Waals surface area contributed by atoms with Gasteiger partial charge in [0.1, 0.15) is 11.0 Å². The molecule has 6 heteroatoms. The smallest absolute Gasteiger partial charge is 0.237 e. The van der Waals surface area contributed by atoms with Crippen LogP contribution in [-0.2, 0) is 21.0 Å². The quantitative estimate of drug-likeness (QED) is 0.942. The van der Waals surface area contributed by atoms with Crippen molar-refractivity contribution in [2.24, 2.45) is 0 Å². The number of hydrogen-bond donors (Lipinski definition) is 1. The van der Waals surface area contributed by atoms with Gasteiger partial charge in [0.15, 0.2) is 0 Å². The highest BCUT2D eigenvalue weighted by Crippen LogP contribution is 2.13. The van der Waals surface area contributed by atoms with Crippen LogP contribution in [0, 0.1) is 13.8 Å². The van der Waals surface area contributed by atoms with Gasteiger partial charge >= 0.3 is 0 Å². The number of nitrogens with one attached hydrogen (secondary N) is 1. The molecule has 2 rings (SSSR count). The van der Waals surface area contributed by atoms with Crippen LogP contribution >= 0.6 is 0 Å². The molecule has 4 nitrogen and oxygen atoms in total. The average Bonchev–Trinajstić information content (AvgIpc) is 2.39. The zero-order valence-corrected chi connectivity index (χ0v) is 12.8. The van der Waals surface area contributed by atoms with E-state index < -0.39 is 21.0 Å². The fraction of sp³-hybridized carbons (Fsp3) is 0.143. The van der Waals surface area contributed by atoms with Crippen LogP contribution in [0.2, 0.25) is 0 Å². The van der Waals surface area contributed by atoms with E-state index in [-0.39, 0.29) is 4.90 Å². The summed E-state index contributed by atoms with van der Waals surface area (Å²) in [6, 6.07) is 13.2. The van der Waals surface area contributed by atoms with Gasteiger partial charge in [-0.1, -0.05) is 35.4 Å². The Morgan fingerprint density at radius 1 is 0.850 bits per heavy atom. The Morgan fingerprint density at radius 2 is 1.30 bits per heavy atom. The van der Waals surface area contributed by atoms with Gasteiger partial charge in [0.25, 0.3) is 10.0 Å². The van der Waals surface area contributed by atoms with Crippen molar-refractivity contribution < 1.29 is 12.6 Å². The molecule has 20 heavy (non-hydrogen) atoms. The van der Waals surface area contributed by atoms with Crippen molar-refractivity contribution in [3.63, 3.8) is 0 Å². The first-order valence-corrected chi connectivity index (χ1v) is 8.59. The van der Waals surface area contributed by atoms with E-state index >= 15 is 0 Å². The van der Waals surface area contributed by atoms with Gasteiger partial charge in [-0.15, -0.1) is 4.13 Å². The molecule has 1 atom stereocenters. The predicted octanol–water partition coefficient (Wildman–Crippen LogP) is 2.30. The third-order valence-corrected chi connectivity index (χ3v) is 5.83. The third kappa shape index (κ3) is 3.53. The summed E-state index contributed by atoms with van der Waals surface area (Å²) in [7, 11) is -5.59. The largest absolute Gasteiger partial charge is 0.251 e. The summed E-state index contributed by atoms with van der Waals surface area (Å²) in [5.41, 5.74) is 1.98. The van der Waals surface area contributed by atoms with Gasteiger partial charge in [-0.2, -0.15) is 0 Å². The van der Waals surface area contributed by atoms with E-state index in [4.69, 9.17) is 0 Å². The highest BCUT2D eigenvalue weighted by Gasteiger charge is 2.17. The Hall–Kier alpha value is -1.50. The lowest BCUT2D eigenvalue weighted by Gasteiger charge is -2.07. The maximum Gasteiger partial charge on any atom is 0.251 e. The van der Waals surface area contributed by atoms with Crippen molar-refractivity contribution in [3.05, 3.63) is 59.7 Å². The lowest BCUT2D eigenvalue weighted by Crippen LogP contribution is -2.26. The summed E-state index contributed by atoms with van der Waals surface area (Å²) >= 11 is 0. The fourth-order valence-electron chi connectivity index (χ4n) is 1.58. The molecule has 0 amide bonds. The van der Waals surface area contributed by atoms with E-state index in [2.05, 4.69) is 4.13 Å². The van der Waals surface area contributed by atoms with Crippen LogP contribution < -0.4 is 4.13 Å². The lowest BCUT2D eigenvalue weighted by molar-refractivity contribution is 0.592. The molecular formula is C14H15NO3S2. The van der Waals surface area contributed by atoms with Crippen LogP contribution in [0.4, 0.5) is 0 Å². The highest BCUT2D eigenvalue weighted by molar-refractivity contribution is 8.02. The number of sulfonamides is 1. The first-order chi connectivity index (χ1) is 9.38. The normalized spacial score (nSPS) is 13.1. The molecule has 0 aliphatic rings. The van der Waals surface area contributed by atoms with Gasteiger partial charge in [0, 0.05) is 0 Å². The Labute approximate surface area is 121 Å². The summed E-state index contributed by atoms with van der Waals surface area (Å²) in [6.07, 6.45) is 0. The molecule has 0 saturated carbocycles. The standard InChI is InChI=1S/C14H15NO3S2/c1-11-3-7-13(8-4-11)19(16)15-20(17,18)14-9-5-12(2)6-10-14/h3-10,15H,1-2H3. The number of aryl methyl sites for hydroxylation is 2. The second-order valence-corrected chi connectivity index (χ2v) is 7.64. The van der Waals surface area contributed by atoms with Crippen molar-refractivity contribution >= 4 is 21.0 Å². The number of benzene rings is 2. The van der Waals surface area contributed by atoms with Crippen LogP contribution in [0.3, 0.4) is 0 Å². The van der Waals surface area contributed by atoms with E-state index in [1.54, 1.807) is 36.4 Å². The van der Waals surface area contributed by atoms with E-state index in [1.165, 1.54) is 12.1 Å². The molecule has 0 radical (unpaired) electrons. The summed E-state index contributed by atoms with van der Waals surface area (Å²) in [4.78, 5) is 0.523.